The van der Waals surface area contributed by atoms with Crippen LogP contribution >= 0.6 is 0 Å². The first-order valence-electron chi connectivity index (χ1n) is 9.71. The summed E-state index contributed by atoms with van der Waals surface area (Å²) >= 11 is 0. The minimum atomic E-state index is -1.71. The number of rotatable bonds is 5. The van der Waals surface area contributed by atoms with E-state index in [0.29, 0.717) is 18.1 Å². The maximum Gasteiger partial charge on any atom is 0.194 e. The lowest BCUT2D eigenvalue weighted by molar-refractivity contribution is 0.308. The fourth-order valence-electron chi connectivity index (χ4n) is 4.03. The first kappa shape index (κ1) is 20.6. The van der Waals surface area contributed by atoms with Crippen molar-refractivity contribution in [3.8, 4) is 0 Å². The zero-order valence-electron chi connectivity index (χ0n) is 15.8. The standard InChI is InChI=1S/C23H23F5/c1-2-3-14-4-6-15(7-5-14)16-8-10-17(11-9-16)21(26)22(27)18-12-19(24)23(28)20(25)13-18/h8-15H,2-7H2,1H3. The van der Waals surface area contributed by atoms with Gasteiger partial charge in [-0.3, -0.25) is 0 Å². The number of halogens is 5. The number of benzene rings is 2. The molecule has 2 aromatic rings. The molecule has 0 atom stereocenters. The fourth-order valence-corrected chi connectivity index (χ4v) is 4.03. The number of hydrogen-bond donors (Lipinski definition) is 0. The highest BCUT2D eigenvalue weighted by atomic mass is 19.2. The monoisotopic (exact) mass is 394 g/mol. The molecule has 1 saturated carbocycles. The van der Waals surface area contributed by atoms with Crippen LogP contribution in [0.1, 0.15) is 68.1 Å². The van der Waals surface area contributed by atoms with Crippen LogP contribution in [-0.4, -0.2) is 0 Å². The highest BCUT2D eigenvalue weighted by Crippen LogP contribution is 2.38. The van der Waals surface area contributed by atoms with Crippen LogP contribution in [0.5, 0.6) is 0 Å². The molecule has 0 bridgehead atoms. The average Bonchev–Trinajstić information content (AvgIpc) is 2.71. The Morgan fingerprint density at radius 3 is 1.89 bits per heavy atom. The molecule has 0 saturated heterocycles. The van der Waals surface area contributed by atoms with Gasteiger partial charge < -0.3 is 0 Å². The Labute approximate surface area is 162 Å². The summed E-state index contributed by atoms with van der Waals surface area (Å²) in [5.74, 6) is -6.30. The van der Waals surface area contributed by atoms with Crippen LogP contribution in [0.25, 0.3) is 11.7 Å². The molecule has 5 heteroatoms. The molecule has 0 heterocycles. The van der Waals surface area contributed by atoms with Gasteiger partial charge in [-0.2, -0.15) is 0 Å². The van der Waals surface area contributed by atoms with E-state index >= 15 is 0 Å². The number of hydrogen-bond acceptors (Lipinski definition) is 0. The first-order valence-corrected chi connectivity index (χ1v) is 9.71. The molecule has 0 unspecified atom stereocenters. The van der Waals surface area contributed by atoms with Crippen molar-refractivity contribution in [1.82, 2.24) is 0 Å². The predicted molar refractivity (Wildman–Crippen MR) is 101 cm³/mol. The lowest BCUT2D eigenvalue weighted by Gasteiger charge is -2.28. The highest BCUT2D eigenvalue weighted by molar-refractivity contribution is 5.83. The van der Waals surface area contributed by atoms with Crippen molar-refractivity contribution in [3.63, 3.8) is 0 Å². The van der Waals surface area contributed by atoms with Gasteiger partial charge >= 0.3 is 0 Å². The van der Waals surface area contributed by atoms with Crippen LogP contribution < -0.4 is 0 Å². The van der Waals surface area contributed by atoms with E-state index < -0.39 is 34.7 Å². The Kier molecular flexibility index (Phi) is 6.53. The quantitative estimate of drug-likeness (QED) is 0.274. The summed E-state index contributed by atoms with van der Waals surface area (Å²) in [6.07, 6.45) is 7.00. The Balaban J connectivity index is 1.76. The second-order valence-corrected chi connectivity index (χ2v) is 7.51. The predicted octanol–water partition coefficient (Wildman–Crippen LogP) is 7.94. The van der Waals surface area contributed by atoms with Crippen LogP contribution in [0.4, 0.5) is 22.0 Å². The molecule has 1 aliphatic carbocycles. The van der Waals surface area contributed by atoms with Gasteiger partial charge in [-0.25, -0.2) is 22.0 Å². The van der Waals surface area contributed by atoms with Gasteiger partial charge in [0.25, 0.3) is 0 Å². The third-order valence-electron chi connectivity index (χ3n) is 5.61. The van der Waals surface area contributed by atoms with Gasteiger partial charge in [-0.15, -0.1) is 0 Å². The van der Waals surface area contributed by atoms with Crippen molar-refractivity contribution in [2.45, 2.75) is 51.4 Å². The van der Waals surface area contributed by atoms with E-state index in [1.807, 2.05) is 0 Å². The second-order valence-electron chi connectivity index (χ2n) is 7.51. The van der Waals surface area contributed by atoms with Crippen molar-refractivity contribution >= 4 is 11.7 Å². The Morgan fingerprint density at radius 1 is 0.821 bits per heavy atom. The van der Waals surface area contributed by atoms with E-state index in [4.69, 9.17) is 0 Å². The molecule has 0 aliphatic heterocycles. The largest absolute Gasteiger partial charge is 0.204 e. The molecular weight excluding hydrogens is 371 g/mol. The van der Waals surface area contributed by atoms with Crippen molar-refractivity contribution in [2.24, 2.45) is 5.92 Å². The SMILES string of the molecule is CCCC1CCC(c2ccc(C(F)=C(F)c3cc(F)c(F)c(F)c3)cc2)CC1. The molecular formula is C23H23F5. The van der Waals surface area contributed by atoms with Gasteiger partial charge in [0, 0.05) is 11.1 Å². The molecule has 3 rings (SSSR count). The fraction of sp³-hybridized carbons (Fsp3) is 0.391. The lowest BCUT2D eigenvalue weighted by Crippen LogP contribution is -2.13. The first-order chi connectivity index (χ1) is 13.4. The van der Waals surface area contributed by atoms with Crippen LogP contribution in [0.3, 0.4) is 0 Å². The zero-order valence-corrected chi connectivity index (χ0v) is 15.8. The zero-order chi connectivity index (χ0) is 20.3. The molecule has 0 amide bonds. The smallest absolute Gasteiger partial charge is 0.194 e. The summed E-state index contributed by atoms with van der Waals surface area (Å²) in [7, 11) is 0. The molecule has 0 aromatic heterocycles. The second kappa shape index (κ2) is 8.89. The molecule has 28 heavy (non-hydrogen) atoms. The van der Waals surface area contributed by atoms with Crippen molar-refractivity contribution in [3.05, 3.63) is 70.5 Å². The molecule has 0 radical (unpaired) electrons. The minimum Gasteiger partial charge on any atom is -0.204 e. The molecule has 2 aromatic carbocycles. The third-order valence-corrected chi connectivity index (χ3v) is 5.61. The van der Waals surface area contributed by atoms with Gasteiger partial charge in [0.1, 0.15) is 0 Å². The summed E-state index contributed by atoms with van der Waals surface area (Å²) in [6.45, 7) is 2.20. The maximum absolute atomic E-state index is 14.5. The summed E-state index contributed by atoms with van der Waals surface area (Å²) in [4.78, 5) is 0. The summed E-state index contributed by atoms with van der Waals surface area (Å²) in [5, 5.41) is 0. The van der Waals surface area contributed by atoms with E-state index in [2.05, 4.69) is 6.92 Å². The molecule has 0 spiro atoms. The topological polar surface area (TPSA) is 0 Å². The molecule has 1 fully saturated rings. The Morgan fingerprint density at radius 2 is 1.36 bits per heavy atom. The van der Waals surface area contributed by atoms with Crippen LogP contribution in [0.2, 0.25) is 0 Å². The lowest BCUT2D eigenvalue weighted by atomic mass is 9.77. The van der Waals surface area contributed by atoms with Gasteiger partial charge in [0.05, 0.1) is 0 Å². The van der Waals surface area contributed by atoms with Crippen LogP contribution in [0.15, 0.2) is 36.4 Å². The van der Waals surface area contributed by atoms with Crippen LogP contribution in [0, 0.1) is 23.4 Å². The van der Waals surface area contributed by atoms with Crippen molar-refractivity contribution in [2.75, 3.05) is 0 Å². The van der Waals surface area contributed by atoms with E-state index in [0.717, 1.165) is 24.3 Å². The molecule has 0 N–H and O–H groups in total. The van der Waals surface area contributed by atoms with Gasteiger partial charge in [-0.05, 0) is 55.2 Å². The summed E-state index contributed by atoms with van der Waals surface area (Å²) in [5.41, 5.74) is 0.393. The van der Waals surface area contributed by atoms with E-state index in [1.165, 1.54) is 37.8 Å². The van der Waals surface area contributed by atoms with Crippen molar-refractivity contribution in [1.29, 1.82) is 0 Å². The van der Waals surface area contributed by atoms with E-state index in [9.17, 15) is 22.0 Å². The average molecular weight is 394 g/mol. The van der Waals surface area contributed by atoms with E-state index in [1.54, 1.807) is 12.1 Å². The van der Waals surface area contributed by atoms with Gasteiger partial charge in [0.2, 0.25) is 0 Å². The molecule has 1 aliphatic rings. The Bertz CT molecular complexity index is 823. The maximum atomic E-state index is 14.5. The summed E-state index contributed by atoms with van der Waals surface area (Å²) < 4.78 is 68.3. The van der Waals surface area contributed by atoms with Crippen LogP contribution in [-0.2, 0) is 0 Å². The van der Waals surface area contributed by atoms with Gasteiger partial charge in [-0.1, -0.05) is 44.0 Å². The normalized spacial score (nSPS) is 20.8. The molecule has 150 valence electrons. The Hall–Kier alpha value is -2.17. The highest BCUT2D eigenvalue weighted by Gasteiger charge is 2.22. The molecule has 0 nitrogen and oxygen atoms in total. The van der Waals surface area contributed by atoms with Gasteiger partial charge in [0.15, 0.2) is 29.1 Å². The minimum absolute atomic E-state index is 0.0222. The third kappa shape index (κ3) is 4.45. The summed E-state index contributed by atoms with van der Waals surface area (Å²) in [6, 6.07) is 7.38. The van der Waals surface area contributed by atoms with Crippen molar-refractivity contribution < 1.29 is 22.0 Å². The van der Waals surface area contributed by atoms with E-state index in [-0.39, 0.29) is 5.56 Å².